The molecule has 7 heteroatoms. The summed E-state index contributed by atoms with van der Waals surface area (Å²) in [6.45, 7) is 1.44. The number of benzene rings is 2. The number of hydrogen-bond acceptors (Lipinski definition) is 5. The maximum Gasteiger partial charge on any atom is 0.301 e. The Balaban J connectivity index is 1.71. The molecule has 2 aromatic carbocycles. The monoisotopic (exact) mass is 353 g/mol. The lowest BCUT2D eigenvalue weighted by Crippen LogP contribution is -2.38. The molecule has 3 aromatic rings. The first kappa shape index (κ1) is 16.4. The first-order chi connectivity index (χ1) is 12.6. The molecule has 132 valence electrons. The van der Waals surface area contributed by atoms with E-state index in [1.807, 2.05) is 4.90 Å². The van der Waals surface area contributed by atoms with E-state index >= 15 is 0 Å². The molecule has 1 atom stereocenters. The van der Waals surface area contributed by atoms with Gasteiger partial charge in [0.25, 0.3) is 0 Å². The number of anilines is 1. The summed E-state index contributed by atoms with van der Waals surface area (Å²) in [5, 5.41) is 12.3. The zero-order valence-corrected chi connectivity index (χ0v) is 13.8. The molecule has 26 heavy (non-hydrogen) atoms. The zero-order valence-electron chi connectivity index (χ0n) is 13.8. The molecule has 4 rings (SSSR count). The number of nitro benzene ring substituents is 1. The van der Waals surface area contributed by atoms with Crippen LogP contribution < -0.4 is 4.90 Å². The summed E-state index contributed by atoms with van der Waals surface area (Å²) in [4.78, 5) is 17.5. The second-order valence-corrected chi connectivity index (χ2v) is 6.12. The third-order valence-corrected chi connectivity index (χ3v) is 4.57. The maximum atomic E-state index is 13.2. The Morgan fingerprint density at radius 1 is 1.19 bits per heavy atom. The smallest absolute Gasteiger partial charge is 0.301 e. The third-order valence-electron chi connectivity index (χ3n) is 4.57. The van der Waals surface area contributed by atoms with Crippen LogP contribution in [-0.2, 0) is 4.74 Å². The van der Waals surface area contributed by atoms with Crippen molar-refractivity contribution in [2.45, 2.75) is 6.10 Å². The average Bonchev–Trinajstić information content (AvgIpc) is 2.67. The van der Waals surface area contributed by atoms with E-state index in [2.05, 4.69) is 4.98 Å². The quantitative estimate of drug-likeness (QED) is 0.528. The Bertz CT molecular complexity index is 962. The lowest BCUT2D eigenvalue weighted by Gasteiger charge is -2.34. The van der Waals surface area contributed by atoms with Gasteiger partial charge in [-0.3, -0.25) is 15.1 Å². The Hall–Kier alpha value is -3.06. The highest BCUT2D eigenvalue weighted by Crippen LogP contribution is 2.37. The molecule has 0 radical (unpaired) electrons. The highest BCUT2D eigenvalue weighted by molar-refractivity contribution is 5.94. The van der Waals surface area contributed by atoms with Crippen LogP contribution in [0, 0.1) is 15.9 Å². The molecule has 1 aliphatic heterocycles. The molecular formula is C19H16FN3O3. The SMILES string of the molecule is O=[N+]([O-])c1c(N2CCO[C@H](c3ccc(F)cc3)C2)ccc2ncccc12. The van der Waals surface area contributed by atoms with Gasteiger partial charge in [0.2, 0.25) is 0 Å². The van der Waals surface area contributed by atoms with E-state index in [-0.39, 0.29) is 22.5 Å². The number of pyridine rings is 1. The van der Waals surface area contributed by atoms with Gasteiger partial charge in [0, 0.05) is 19.3 Å². The van der Waals surface area contributed by atoms with Crippen molar-refractivity contribution in [1.29, 1.82) is 0 Å². The van der Waals surface area contributed by atoms with E-state index in [9.17, 15) is 14.5 Å². The van der Waals surface area contributed by atoms with Crippen LogP contribution in [0.3, 0.4) is 0 Å². The fraction of sp³-hybridized carbons (Fsp3) is 0.211. The van der Waals surface area contributed by atoms with Crippen LogP contribution in [0.25, 0.3) is 10.9 Å². The summed E-state index contributed by atoms with van der Waals surface area (Å²) in [6, 6.07) is 13.1. The number of nitrogens with zero attached hydrogens (tertiary/aromatic N) is 3. The van der Waals surface area contributed by atoms with Gasteiger partial charge in [0.15, 0.2) is 0 Å². The first-order valence-electron chi connectivity index (χ1n) is 8.27. The largest absolute Gasteiger partial charge is 0.370 e. The average molecular weight is 353 g/mol. The van der Waals surface area contributed by atoms with Gasteiger partial charge < -0.3 is 9.64 Å². The molecule has 1 saturated heterocycles. The van der Waals surface area contributed by atoms with Crippen molar-refractivity contribution in [2.75, 3.05) is 24.6 Å². The Morgan fingerprint density at radius 2 is 2.00 bits per heavy atom. The van der Waals surface area contributed by atoms with Gasteiger partial charge in [-0.15, -0.1) is 0 Å². The van der Waals surface area contributed by atoms with Crippen LogP contribution in [-0.4, -0.2) is 29.6 Å². The standard InChI is InChI=1S/C19H16FN3O3/c20-14-5-3-13(4-6-14)18-12-22(10-11-26-18)17-8-7-16-15(2-1-9-21-16)19(17)23(24)25/h1-9,18H,10-12H2/t18-/m0/s1. The fourth-order valence-electron chi connectivity index (χ4n) is 3.32. The van der Waals surface area contributed by atoms with Crippen LogP contribution in [0.15, 0.2) is 54.7 Å². The summed E-state index contributed by atoms with van der Waals surface area (Å²) < 4.78 is 19.0. The first-order valence-corrected chi connectivity index (χ1v) is 8.27. The molecule has 0 N–H and O–H groups in total. The van der Waals surface area contributed by atoms with E-state index in [0.29, 0.717) is 36.3 Å². The Morgan fingerprint density at radius 3 is 2.77 bits per heavy atom. The summed E-state index contributed by atoms with van der Waals surface area (Å²) >= 11 is 0. The summed E-state index contributed by atoms with van der Waals surface area (Å²) in [5.74, 6) is -0.306. The minimum atomic E-state index is -0.359. The van der Waals surface area contributed by atoms with E-state index in [1.54, 1.807) is 42.6 Å². The van der Waals surface area contributed by atoms with Crippen LogP contribution >= 0.6 is 0 Å². The molecule has 0 unspecified atom stereocenters. The normalized spacial score (nSPS) is 17.4. The lowest BCUT2D eigenvalue weighted by atomic mass is 10.1. The highest BCUT2D eigenvalue weighted by Gasteiger charge is 2.28. The second kappa shape index (κ2) is 6.68. The Kier molecular flexibility index (Phi) is 4.22. The van der Waals surface area contributed by atoms with Crippen LogP contribution in [0.5, 0.6) is 0 Å². The van der Waals surface area contributed by atoms with Crippen LogP contribution in [0.1, 0.15) is 11.7 Å². The number of aromatic nitrogens is 1. The van der Waals surface area contributed by atoms with Gasteiger partial charge in [0.05, 0.1) is 22.4 Å². The van der Waals surface area contributed by atoms with Gasteiger partial charge in [-0.05, 0) is 42.0 Å². The molecule has 1 aromatic heterocycles. The van der Waals surface area contributed by atoms with Gasteiger partial charge in [-0.25, -0.2) is 4.39 Å². The van der Waals surface area contributed by atoms with Gasteiger partial charge >= 0.3 is 5.69 Å². The third kappa shape index (κ3) is 2.97. The minimum absolute atomic E-state index is 0.0513. The zero-order chi connectivity index (χ0) is 18.1. The maximum absolute atomic E-state index is 13.2. The van der Waals surface area contributed by atoms with E-state index in [4.69, 9.17) is 4.74 Å². The van der Waals surface area contributed by atoms with Crippen molar-refractivity contribution in [2.24, 2.45) is 0 Å². The molecule has 1 aliphatic rings. The molecule has 0 saturated carbocycles. The van der Waals surface area contributed by atoms with Crippen molar-refractivity contribution in [3.05, 3.63) is 76.2 Å². The predicted molar refractivity (Wildman–Crippen MR) is 95.7 cm³/mol. The molecule has 0 bridgehead atoms. The fourth-order valence-corrected chi connectivity index (χ4v) is 3.32. The highest BCUT2D eigenvalue weighted by atomic mass is 19.1. The number of hydrogen-bond donors (Lipinski definition) is 0. The van der Waals surface area contributed by atoms with Gasteiger partial charge in [0.1, 0.15) is 17.6 Å². The molecule has 0 aliphatic carbocycles. The summed E-state index contributed by atoms with van der Waals surface area (Å²) in [6.07, 6.45) is 1.35. The number of nitro groups is 1. The topological polar surface area (TPSA) is 68.5 Å². The number of morpholine rings is 1. The number of halogens is 1. The van der Waals surface area contributed by atoms with Crippen molar-refractivity contribution >= 4 is 22.3 Å². The summed E-state index contributed by atoms with van der Waals surface area (Å²) in [5.41, 5.74) is 2.04. The molecule has 6 nitrogen and oxygen atoms in total. The number of rotatable bonds is 3. The predicted octanol–water partition coefficient (Wildman–Crippen LogP) is 3.86. The van der Waals surface area contributed by atoms with E-state index < -0.39 is 0 Å². The van der Waals surface area contributed by atoms with Crippen molar-refractivity contribution in [3.63, 3.8) is 0 Å². The molecule has 0 spiro atoms. The molecule has 1 fully saturated rings. The number of fused-ring (bicyclic) bond motifs is 1. The van der Waals surface area contributed by atoms with Crippen LogP contribution in [0.4, 0.5) is 15.8 Å². The van der Waals surface area contributed by atoms with E-state index in [1.165, 1.54) is 12.1 Å². The van der Waals surface area contributed by atoms with Gasteiger partial charge in [-0.2, -0.15) is 0 Å². The Labute approximate surface area is 149 Å². The molecule has 0 amide bonds. The molecule has 2 heterocycles. The van der Waals surface area contributed by atoms with Crippen molar-refractivity contribution < 1.29 is 14.1 Å². The van der Waals surface area contributed by atoms with Gasteiger partial charge in [-0.1, -0.05) is 12.1 Å². The van der Waals surface area contributed by atoms with Crippen molar-refractivity contribution in [3.8, 4) is 0 Å². The molecular weight excluding hydrogens is 337 g/mol. The lowest BCUT2D eigenvalue weighted by molar-refractivity contribution is -0.382. The minimum Gasteiger partial charge on any atom is -0.370 e. The van der Waals surface area contributed by atoms with Crippen LogP contribution in [0.2, 0.25) is 0 Å². The number of ether oxygens (including phenoxy) is 1. The second-order valence-electron chi connectivity index (χ2n) is 6.12. The van der Waals surface area contributed by atoms with E-state index in [0.717, 1.165) is 5.56 Å². The van der Waals surface area contributed by atoms with Crippen molar-refractivity contribution in [1.82, 2.24) is 4.98 Å². The summed E-state index contributed by atoms with van der Waals surface area (Å²) in [7, 11) is 0.